The predicted octanol–water partition coefficient (Wildman–Crippen LogP) is 4.37. The molecule has 0 aliphatic carbocycles. The second-order valence-electron chi connectivity index (χ2n) is 4.18. The number of halogens is 3. The van der Waals surface area contributed by atoms with E-state index in [9.17, 15) is 13.2 Å². The first-order valence-corrected chi connectivity index (χ1v) is 5.81. The summed E-state index contributed by atoms with van der Waals surface area (Å²) < 4.78 is 43.4. The summed E-state index contributed by atoms with van der Waals surface area (Å²) in [6.07, 6.45) is -1.17. The van der Waals surface area contributed by atoms with Gasteiger partial charge in [-0.1, -0.05) is 6.07 Å². The number of rotatable bonds is 2. The summed E-state index contributed by atoms with van der Waals surface area (Å²) in [6.45, 7) is 0. The number of fused-ring (bicyclic) bond motifs is 1. The number of hydrogen-bond acceptors (Lipinski definition) is 2. The van der Waals surface area contributed by atoms with Crippen molar-refractivity contribution < 1.29 is 17.9 Å². The van der Waals surface area contributed by atoms with E-state index >= 15 is 0 Å². The first kappa shape index (κ1) is 12.5. The molecule has 0 amide bonds. The minimum atomic E-state index is -4.39. The minimum absolute atomic E-state index is 0.133. The van der Waals surface area contributed by atoms with Crippen molar-refractivity contribution in [2.45, 2.75) is 6.18 Å². The highest BCUT2D eigenvalue weighted by atomic mass is 19.4. The van der Waals surface area contributed by atoms with E-state index in [-0.39, 0.29) is 5.75 Å². The van der Waals surface area contributed by atoms with Crippen LogP contribution in [0.3, 0.4) is 0 Å². The highest BCUT2D eigenvalue weighted by molar-refractivity contribution is 5.82. The molecule has 0 aliphatic rings. The van der Waals surface area contributed by atoms with E-state index in [0.717, 1.165) is 12.1 Å². The van der Waals surface area contributed by atoms with Crippen molar-refractivity contribution in [1.82, 2.24) is 9.97 Å². The van der Waals surface area contributed by atoms with Crippen molar-refractivity contribution in [3.63, 3.8) is 0 Å². The maximum atomic E-state index is 12.6. The zero-order valence-electron chi connectivity index (χ0n) is 10.1. The Kier molecular flexibility index (Phi) is 2.85. The molecular weight excluding hydrogens is 269 g/mol. The summed E-state index contributed by atoms with van der Waals surface area (Å²) in [5.74, 6) is 0.587. The number of nitrogens with zero attached hydrogens (tertiary/aromatic N) is 1. The molecule has 3 rings (SSSR count). The topological polar surface area (TPSA) is 37.9 Å². The lowest BCUT2D eigenvalue weighted by Gasteiger charge is -2.10. The van der Waals surface area contributed by atoms with Gasteiger partial charge in [0.2, 0.25) is 0 Å². The first-order chi connectivity index (χ1) is 9.54. The summed E-state index contributed by atoms with van der Waals surface area (Å²) in [4.78, 5) is 6.99. The molecule has 3 aromatic rings. The number of benzene rings is 1. The predicted molar refractivity (Wildman–Crippen MR) is 67.6 cm³/mol. The van der Waals surface area contributed by atoms with Gasteiger partial charge in [-0.05, 0) is 30.3 Å². The lowest BCUT2D eigenvalue weighted by Crippen LogP contribution is -2.04. The van der Waals surface area contributed by atoms with Crippen molar-refractivity contribution in [2.75, 3.05) is 0 Å². The smallest absolute Gasteiger partial charge is 0.416 e. The molecule has 102 valence electrons. The molecule has 0 unspecified atom stereocenters. The molecular formula is C14H9F3N2O. The Morgan fingerprint density at radius 3 is 2.75 bits per heavy atom. The summed E-state index contributed by atoms with van der Waals surface area (Å²) in [7, 11) is 0. The van der Waals surface area contributed by atoms with E-state index in [1.807, 2.05) is 0 Å². The van der Waals surface area contributed by atoms with Crippen LogP contribution in [0.15, 0.2) is 48.8 Å². The van der Waals surface area contributed by atoms with Crippen molar-refractivity contribution in [2.24, 2.45) is 0 Å². The largest absolute Gasteiger partial charge is 0.457 e. The average molecular weight is 278 g/mol. The quantitative estimate of drug-likeness (QED) is 0.755. The number of pyridine rings is 1. The molecule has 0 aliphatic heterocycles. The molecule has 1 aromatic carbocycles. The molecule has 0 atom stereocenters. The Hall–Kier alpha value is -2.50. The number of H-pyrrole nitrogens is 1. The summed E-state index contributed by atoms with van der Waals surface area (Å²) in [6, 6.07) is 8.13. The second-order valence-corrected chi connectivity index (χ2v) is 4.18. The lowest BCUT2D eigenvalue weighted by atomic mass is 10.2. The fraction of sp³-hybridized carbons (Fsp3) is 0.0714. The maximum Gasteiger partial charge on any atom is 0.416 e. The maximum absolute atomic E-state index is 12.6. The van der Waals surface area contributed by atoms with Crippen LogP contribution in [-0.2, 0) is 6.18 Å². The molecule has 20 heavy (non-hydrogen) atoms. The van der Waals surface area contributed by atoms with Gasteiger partial charge in [0.1, 0.15) is 17.1 Å². The van der Waals surface area contributed by atoms with Crippen LogP contribution in [0.1, 0.15) is 5.56 Å². The minimum Gasteiger partial charge on any atom is -0.457 e. The number of aromatic amines is 1. The molecule has 1 N–H and O–H groups in total. The van der Waals surface area contributed by atoms with E-state index in [4.69, 9.17) is 4.74 Å². The van der Waals surface area contributed by atoms with Crippen LogP contribution >= 0.6 is 0 Å². The molecule has 6 heteroatoms. The number of ether oxygens (including phenoxy) is 1. The summed E-state index contributed by atoms with van der Waals surface area (Å²) in [5, 5.41) is 0.713. The van der Waals surface area contributed by atoms with E-state index in [1.54, 1.807) is 18.3 Å². The molecule has 3 nitrogen and oxygen atoms in total. The number of aromatic nitrogens is 2. The highest BCUT2D eigenvalue weighted by Crippen LogP contribution is 2.34. The van der Waals surface area contributed by atoms with Gasteiger partial charge < -0.3 is 9.72 Å². The van der Waals surface area contributed by atoms with E-state index in [1.165, 1.54) is 18.3 Å². The normalized spacial score (nSPS) is 11.8. The SMILES string of the molecule is FC(F)(F)c1cccc(Oc2ccnc3[nH]ccc23)c1. The van der Waals surface area contributed by atoms with Crippen molar-refractivity contribution in [3.05, 3.63) is 54.4 Å². The zero-order valence-corrected chi connectivity index (χ0v) is 10.1. The zero-order chi connectivity index (χ0) is 14.2. The van der Waals surface area contributed by atoms with Crippen LogP contribution in [-0.4, -0.2) is 9.97 Å². The van der Waals surface area contributed by atoms with Gasteiger partial charge in [0.25, 0.3) is 0 Å². The Bertz CT molecular complexity index is 749. The molecule has 2 aromatic heterocycles. The number of alkyl halides is 3. The van der Waals surface area contributed by atoms with E-state index < -0.39 is 11.7 Å². The monoisotopic (exact) mass is 278 g/mol. The van der Waals surface area contributed by atoms with E-state index in [2.05, 4.69) is 9.97 Å². The molecule has 0 spiro atoms. The Balaban J connectivity index is 1.97. The van der Waals surface area contributed by atoms with Gasteiger partial charge in [-0.3, -0.25) is 0 Å². The molecule has 0 saturated heterocycles. The third-order valence-electron chi connectivity index (χ3n) is 2.81. The van der Waals surface area contributed by atoms with Crippen LogP contribution in [0, 0.1) is 0 Å². The summed E-state index contributed by atoms with van der Waals surface area (Å²) in [5.41, 5.74) is -0.121. The number of hydrogen-bond donors (Lipinski definition) is 1. The second kappa shape index (κ2) is 4.56. The van der Waals surface area contributed by atoms with Gasteiger partial charge in [0, 0.05) is 12.4 Å². The molecule has 0 radical (unpaired) electrons. The van der Waals surface area contributed by atoms with Crippen molar-refractivity contribution >= 4 is 11.0 Å². The van der Waals surface area contributed by atoms with Gasteiger partial charge in [0.15, 0.2) is 0 Å². The standard InChI is InChI=1S/C14H9F3N2O/c15-14(16,17)9-2-1-3-10(8-9)20-12-5-7-19-13-11(12)4-6-18-13/h1-8H,(H,18,19). The lowest BCUT2D eigenvalue weighted by molar-refractivity contribution is -0.137. The van der Waals surface area contributed by atoms with Gasteiger partial charge in [-0.15, -0.1) is 0 Å². The van der Waals surface area contributed by atoms with Crippen LogP contribution < -0.4 is 4.74 Å². The third kappa shape index (κ3) is 2.32. The van der Waals surface area contributed by atoms with Gasteiger partial charge in [-0.25, -0.2) is 4.98 Å². The Labute approximate surface area is 112 Å². The molecule has 0 fully saturated rings. The third-order valence-corrected chi connectivity index (χ3v) is 2.81. The average Bonchev–Trinajstić information content (AvgIpc) is 2.87. The van der Waals surface area contributed by atoms with Crippen molar-refractivity contribution in [3.8, 4) is 11.5 Å². The molecule has 2 heterocycles. The summed E-state index contributed by atoms with van der Waals surface area (Å²) >= 11 is 0. The van der Waals surface area contributed by atoms with Gasteiger partial charge in [0.05, 0.1) is 10.9 Å². The fourth-order valence-corrected chi connectivity index (χ4v) is 1.89. The van der Waals surface area contributed by atoms with Crippen LogP contribution in [0.2, 0.25) is 0 Å². The van der Waals surface area contributed by atoms with Crippen LogP contribution in [0.4, 0.5) is 13.2 Å². The van der Waals surface area contributed by atoms with E-state index in [0.29, 0.717) is 16.8 Å². The van der Waals surface area contributed by atoms with Crippen LogP contribution in [0.5, 0.6) is 11.5 Å². The van der Waals surface area contributed by atoms with Gasteiger partial charge in [-0.2, -0.15) is 13.2 Å². The Morgan fingerprint density at radius 1 is 1.10 bits per heavy atom. The fourth-order valence-electron chi connectivity index (χ4n) is 1.89. The molecule has 0 bridgehead atoms. The van der Waals surface area contributed by atoms with Gasteiger partial charge >= 0.3 is 6.18 Å². The highest BCUT2D eigenvalue weighted by Gasteiger charge is 2.30. The first-order valence-electron chi connectivity index (χ1n) is 5.81. The Morgan fingerprint density at radius 2 is 1.95 bits per heavy atom. The number of nitrogens with one attached hydrogen (secondary N) is 1. The van der Waals surface area contributed by atoms with Crippen LogP contribution in [0.25, 0.3) is 11.0 Å². The van der Waals surface area contributed by atoms with Crippen molar-refractivity contribution in [1.29, 1.82) is 0 Å². The molecule has 0 saturated carbocycles.